The zero-order valence-electron chi connectivity index (χ0n) is 22.3. The van der Waals surface area contributed by atoms with Crippen molar-refractivity contribution in [1.29, 1.82) is 0 Å². The molecule has 1 saturated heterocycles. The van der Waals surface area contributed by atoms with Crippen LogP contribution in [-0.4, -0.2) is 18.8 Å². The van der Waals surface area contributed by atoms with Crippen LogP contribution in [0.4, 0.5) is 0 Å². The number of rotatable bonds is 4. The predicted octanol–water partition coefficient (Wildman–Crippen LogP) is 8.50. The minimum Gasteiger partial charge on any atom is -0.456 e. The van der Waals surface area contributed by atoms with Crippen molar-refractivity contribution >= 4 is 34.5 Å². The number of furan rings is 1. The summed E-state index contributed by atoms with van der Waals surface area (Å²) in [6.07, 6.45) is -0.000427. The van der Waals surface area contributed by atoms with E-state index in [0.29, 0.717) is 0 Å². The highest BCUT2D eigenvalue weighted by molar-refractivity contribution is 6.65. The second-order valence-corrected chi connectivity index (χ2v) is 10.9. The van der Waals surface area contributed by atoms with Crippen molar-refractivity contribution in [3.05, 3.63) is 115 Å². The average Bonchev–Trinajstić information content (AvgIpc) is 3.48. The van der Waals surface area contributed by atoms with Gasteiger partial charge < -0.3 is 13.7 Å². The van der Waals surface area contributed by atoms with Gasteiger partial charge in [0.05, 0.1) is 11.7 Å². The third-order valence-corrected chi connectivity index (χ3v) is 8.04. The molecule has 39 heavy (non-hydrogen) atoms. The molecule has 0 saturated carbocycles. The molecule has 0 spiro atoms. The van der Waals surface area contributed by atoms with Gasteiger partial charge in [-0.05, 0) is 77.8 Å². The molecule has 7 rings (SSSR count). The first-order valence-electron chi connectivity index (χ1n) is 13.5. The normalized spacial score (nSPS) is 16.8. The molecular formula is C35H29BO3. The first-order chi connectivity index (χ1) is 19.0. The van der Waals surface area contributed by atoms with E-state index in [2.05, 4.69) is 118 Å². The number of fused-ring (bicyclic) bond motifs is 3. The third kappa shape index (κ3) is 4.26. The van der Waals surface area contributed by atoms with Gasteiger partial charge in [-0.3, -0.25) is 0 Å². The molecule has 1 atom stereocenters. The van der Waals surface area contributed by atoms with Gasteiger partial charge in [0, 0.05) is 10.8 Å². The van der Waals surface area contributed by atoms with E-state index >= 15 is 0 Å². The second-order valence-electron chi connectivity index (χ2n) is 10.9. The van der Waals surface area contributed by atoms with Crippen LogP contribution in [0.15, 0.2) is 120 Å². The molecule has 0 amide bonds. The first-order valence-corrected chi connectivity index (χ1v) is 13.5. The van der Waals surface area contributed by atoms with E-state index in [9.17, 15) is 0 Å². The summed E-state index contributed by atoms with van der Waals surface area (Å²) in [7, 11) is -0.421. The Hall–Kier alpha value is -4.12. The molecule has 3 nitrogen and oxygen atoms in total. The van der Waals surface area contributed by atoms with Gasteiger partial charge in [0.1, 0.15) is 11.2 Å². The molecule has 1 aromatic heterocycles. The van der Waals surface area contributed by atoms with Gasteiger partial charge in [0.2, 0.25) is 0 Å². The van der Waals surface area contributed by atoms with Gasteiger partial charge in [-0.25, -0.2) is 0 Å². The highest BCUT2D eigenvalue weighted by atomic mass is 16.7. The fourth-order valence-corrected chi connectivity index (χ4v) is 5.46. The summed E-state index contributed by atoms with van der Waals surface area (Å²) < 4.78 is 18.8. The summed E-state index contributed by atoms with van der Waals surface area (Å²) in [5, 5.41) is 2.13. The topological polar surface area (TPSA) is 31.6 Å². The van der Waals surface area contributed by atoms with Gasteiger partial charge >= 0.3 is 7.12 Å². The zero-order valence-corrected chi connectivity index (χ0v) is 22.3. The lowest BCUT2D eigenvalue weighted by Gasteiger charge is -2.21. The SMILES string of the molecule is CC1OB(c2cccc3oc4ccc(-c5ccc(-c6ccc(-c7ccccc7)cc6)cc5)cc4c23)OC1(C)C. The molecule has 0 aliphatic carbocycles. The molecule has 1 fully saturated rings. The summed E-state index contributed by atoms with van der Waals surface area (Å²) in [6.45, 7) is 6.21. The third-order valence-electron chi connectivity index (χ3n) is 8.04. The van der Waals surface area contributed by atoms with E-state index in [1.165, 1.54) is 22.3 Å². The Morgan fingerprint density at radius 1 is 0.590 bits per heavy atom. The molecule has 1 aliphatic rings. The molecule has 1 unspecified atom stereocenters. The van der Waals surface area contributed by atoms with Crippen LogP contribution in [0, 0.1) is 0 Å². The van der Waals surface area contributed by atoms with Crippen LogP contribution in [0.1, 0.15) is 20.8 Å². The molecule has 6 aromatic rings. The molecule has 5 aromatic carbocycles. The number of hydrogen-bond donors (Lipinski definition) is 0. The Morgan fingerprint density at radius 2 is 1.15 bits per heavy atom. The predicted molar refractivity (Wildman–Crippen MR) is 161 cm³/mol. The summed E-state index contributed by atoms with van der Waals surface area (Å²) in [5.74, 6) is 0. The lowest BCUT2D eigenvalue weighted by atomic mass is 9.76. The molecule has 190 valence electrons. The lowest BCUT2D eigenvalue weighted by molar-refractivity contribution is 0.0842. The maximum absolute atomic E-state index is 6.31. The molecule has 0 N–H and O–H groups in total. The molecule has 4 heteroatoms. The molecule has 1 aliphatic heterocycles. The van der Waals surface area contributed by atoms with Gasteiger partial charge in [0.15, 0.2) is 0 Å². The number of hydrogen-bond acceptors (Lipinski definition) is 3. The minimum absolute atomic E-state index is 0.000427. The van der Waals surface area contributed by atoms with Crippen molar-refractivity contribution in [3.63, 3.8) is 0 Å². The standard InChI is InChI=1S/C35H29BO3/c1-23-35(2,3)39-36(38-23)31-10-7-11-33-34(31)30-22-29(20-21-32(30)37-33)28-18-16-27(17-19-28)26-14-12-25(13-15-26)24-8-5-4-6-9-24/h4-23H,1-3H3. The van der Waals surface area contributed by atoms with Crippen LogP contribution in [-0.2, 0) is 9.31 Å². The summed E-state index contributed by atoms with van der Waals surface area (Å²) in [4.78, 5) is 0. The molecule has 0 bridgehead atoms. The fourth-order valence-electron chi connectivity index (χ4n) is 5.46. The summed E-state index contributed by atoms with van der Waals surface area (Å²) in [5.41, 5.74) is 9.54. The maximum atomic E-state index is 6.31. The van der Waals surface area contributed by atoms with Gasteiger partial charge in [0.25, 0.3) is 0 Å². The van der Waals surface area contributed by atoms with E-state index < -0.39 is 7.12 Å². The zero-order chi connectivity index (χ0) is 26.6. The largest absolute Gasteiger partial charge is 0.495 e. The quantitative estimate of drug-likeness (QED) is 0.224. The first kappa shape index (κ1) is 24.0. The molecule has 2 heterocycles. The Morgan fingerprint density at radius 3 is 1.74 bits per heavy atom. The second kappa shape index (κ2) is 9.27. The van der Waals surface area contributed by atoms with Gasteiger partial charge in [-0.1, -0.05) is 97.1 Å². The van der Waals surface area contributed by atoms with E-state index in [0.717, 1.165) is 38.5 Å². The monoisotopic (exact) mass is 508 g/mol. The minimum atomic E-state index is -0.421. The van der Waals surface area contributed by atoms with Crippen molar-refractivity contribution in [2.24, 2.45) is 0 Å². The highest BCUT2D eigenvalue weighted by Gasteiger charge is 2.44. The Bertz CT molecular complexity index is 1780. The van der Waals surface area contributed by atoms with Crippen molar-refractivity contribution in [2.45, 2.75) is 32.5 Å². The fraction of sp³-hybridized carbons (Fsp3) is 0.143. The molecule has 0 radical (unpaired) electrons. The van der Waals surface area contributed by atoms with E-state index in [1.807, 2.05) is 18.2 Å². The Balaban J connectivity index is 1.22. The number of benzene rings is 5. The van der Waals surface area contributed by atoms with Crippen LogP contribution >= 0.6 is 0 Å². The van der Waals surface area contributed by atoms with Crippen LogP contribution in [0.5, 0.6) is 0 Å². The van der Waals surface area contributed by atoms with E-state index in [-0.39, 0.29) is 11.7 Å². The van der Waals surface area contributed by atoms with Crippen LogP contribution in [0.25, 0.3) is 55.3 Å². The van der Waals surface area contributed by atoms with Gasteiger partial charge in [-0.2, -0.15) is 0 Å². The van der Waals surface area contributed by atoms with E-state index in [1.54, 1.807) is 0 Å². The van der Waals surface area contributed by atoms with Crippen molar-refractivity contribution in [2.75, 3.05) is 0 Å². The van der Waals surface area contributed by atoms with Crippen LogP contribution in [0.3, 0.4) is 0 Å². The Kier molecular flexibility index (Phi) is 5.69. The van der Waals surface area contributed by atoms with Crippen LogP contribution < -0.4 is 5.46 Å². The average molecular weight is 508 g/mol. The van der Waals surface area contributed by atoms with Gasteiger partial charge in [-0.15, -0.1) is 0 Å². The summed E-state index contributed by atoms with van der Waals surface area (Å²) in [6, 6.07) is 40.5. The van der Waals surface area contributed by atoms with Crippen molar-refractivity contribution < 1.29 is 13.7 Å². The highest BCUT2D eigenvalue weighted by Crippen LogP contribution is 2.35. The van der Waals surface area contributed by atoms with Crippen LogP contribution in [0.2, 0.25) is 0 Å². The summed E-state index contributed by atoms with van der Waals surface area (Å²) >= 11 is 0. The lowest BCUT2D eigenvalue weighted by Crippen LogP contribution is -2.35. The maximum Gasteiger partial charge on any atom is 0.495 e. The smallest absolute Gasteiger partial charge is 0.456 e. The Labute approximate surface area is 229 Å². The van der Waals surface area contributed by atoms with Crippen molar-refractivity contribution in [3.8, 4) is 33.4 Å². The van der Waals surface area contributed by atoms with Crippen molar-refractivity contribution in [1.82, 2.24) is 0 Å². The van der Waals surface area contributed by atoms with E-state index in [4.69, 9.17) is 13.7 Å². The molecular weight excluding hydrogens is 479 g/mol.